The molecule has 0 spiro atoms. The summed E-state index contributed by atoms with van der Waals surface area (Å²) in [4.78, 5) is 15.2. The summed E-state index contributed by atoms with van der Waals surface area (Å²) in [5.41, 5.74) is 3.71. The number of hydrogen-bond acceptors (Lipinski definition) is 4. The molecule has 0 atom stereocenters. The van der Waals surface area contributed by atoms with Gasteiger partial charge in [-0.2, -0.15) is 0 Å². The molecule has 6 nitrogen and oxygen atoms in total. The third-order valence-corrected chi connectivity index (χ3v) is 7.96. The van der Waals surface area contributed by atoms with Crippen molar-refractivity contribution >= 4 is 32.6 Å². The minimum atomic E-state index is -3.94. The van der Waals surface area contributed by atoms with Crippen molar-refractivity contribution in [1.29, 1.82) is 0 Å². The number of anilines is 1. The fourth-order valence-electron chi connectivity index (χ4n) is 4.37. The number of sulfonamides is 1. The highest BCUT2D eigenvalue weighted by atomic mass is 32.2. The third kappa shape index (κ3) is 4.01. The Morgan fingerprint density at radius 3 is 2.25 bits per heavy atom. The Morgan fingerprint density at radius 2 is 1.59 bits per heavy atom. The molecule has 2 aromatic carbocycles. The average Bonchev–Trinajstić information content (AvgIpc) is 2.93. The van der Waals surface area contributed by atoms with Crippen LogP contribution in [0.4, 0.5) is 5.69 Å². The zero-order valence-electron chi connectivity index (χ0n) is 19.1. The van der Waals surface area contributed by atoms with Gasteiger partial charge in [-0.25, -0.2) is 8.42 Å². The minimum absolute atomic E-state index is 0.0915. The van der Waals surface area contributed by atoms with E-state index in [0.29, 0.717) is 35.3 Å². The summed E-state index contributed by atoms with van der Waals surface area (Å²) in [5.74, 6) is 0.0744. The van der Waals surface area contributed by atoms with Crippen LogP contribution in [0.25, 0.3) is 11.0 Å². The summed E-state index contributed by atoms with van der Waals surface area (Å²) in [5, 5.41) is 0.663. The number of para-hydroxylation sites is 1. The number of amides is 1. The number of likely N-dealkylation sites (tertiary alicyclic amines) is 1. The van der Waals surface area contributed by atoms with Gasteiger partial charge in [0.2, 0.25) is 0 Å². The second-order valence-corrected chi connectivity index (χ2v) is 10.3. The Balaban J connectivity index is 1.84. The van der Waals surface area contributed by atoms with E-state index in [4.69, 9.17) is 4.42 Å². The van der Waals surface area contributed by atoms with Gasteiger partial charge in [-0.05, 0) is 69.4 Å². The second kappa shape index (κ2) is 8.62. The molecular formula is C25H30N2O4S. The van der Waals surface area contributed by atoms with Gasteiger partial charge in [0.1, 0.15) is 4.90 Å². The van der Waals surface area contributed by atoms with Crippen molar-refractivity contribution in [1.82, 2.24) is 4.90 Å². The molecule has 1 N–H and O–H groups in total. The van der Waals surface area contributed by atoms with E-state index < -0.39 is 10.0 Å². The van der Waals surface area contributed by atoms with Crippen LogP contribution in [0.3, 0.4) is 0 Å². The van der Waals surface area contributed by atoms with Gasteiger partial charge in [-0.1, -0.05) is 31.0 Å². The Kier molecular flexibility index (Phi) is 6.03. The molecule has 0 bridgehead atoms. The maximum atomic E-state index is 13.5. The average molecular weight is 455 g/mol. The van der Waals surface area contributed by atoms with Gasteiger partial charge in [0.15, 0.2) is 11.3 Å². The lowest BCUT2D eigenvalue weighted by atomic mass is 10.0. The molecule has 0 radical (unpaired) electrons. The lowest BCUT2D eigenvalue weighted by Crippen LogP contribution is -2.31. The van der Waals surface area contributed by atoms with Crippen LogP contribution in [-0.4, -0.2) is 32.3 Å². The number of nitrogens with one attached hydrogen (secondary N) is 1. The monoisotopic (exact) mass is 454 g/mol. The molecule has 0 saturated carbocycles. The molecule has 0 aliphatic carbocycles. The molecular weight excluding hydrogens is 424 g/mol. The summed E-state index contributed by atoms with van der Waals surface area (Å²) < 4.78 is 35.8. The van der Waals surface area contributed by atoms with Gasteiger partial charge in [-0.15, -0.1) is 0 Å². The quantitative estimate of drug-likeness (QED) is 0.566. The maximum Gasteiger partial charge on any atom is 0.289 e. The van der Waals surface area contributed by atoms with Crippen LogP contribution < -0.4 is 4.72 Å². The van der Waals surface area contributed by atoms with Gasteiger partial charge < -0.3 is 9.32 Å². The number of furan rings is 1. The molecule has 32 heavy (non-hydrogen) atoms. The van der Waals surface area contributed by atoms with Crippen molar-refractivity contribution in [3.8, 4) is 0 Å². The topological polar surface area (TPSA) is 79.6 Å². The zero-order chi connectivity index (χ0) is 23.0. The highest BCUT2D eigenvalue weighted by molar-refractivity contribution is 7.93. The number of carbonyl (C=O) groups excluding carboxylic acids is 1. The molecule has 170 valence electrons. The van der Waals surface area contributed by atoms with Gasteiger partial charge in [0, 0.05) is 24.0 Å². The van der Waals surface area contributed by atoms with E-state index in [-0.39, 0.29) is 22.1 Å². The first-order valence-electron chi connectivity index (χ1n) is 11.1. The molecule has 1 amide bonds. The molecule has 1 saturated heterocycles. The predicted molar refractivity (Wildman–Crippen MR) is 127 cm³/mol. The van der Waals surface area contributed by atoms with Crippen LogP contribution in [0.2, 0.25) is 0 Å². The molecule has 0 unspecified atom stereocenters. The van der Waals surface area contributed by atoms with E-state index >= 15 is 0 Å². The number of benzene rings is 2. The summed E-state index contributed by atoms with van der Waals surface area (Å²) in [7, 11) is -3.94. The molecule has 7 heteroatoms. The second-order valence-electron chi connectivity index (χ2n) is 8.71. The van der Waals surface area contributed by atoms with Gasteiger partial charge in [0.25, 0.3) is 15.9 Å². The van der Waals surface area contributed by atoms with Crippen molar-refractivity contribution in [2.45, 2.75) is 58.3 Å². The Morgan fingerprint density at radius 1 is 0.938 bits per heavy atom. The van der Waals surface area contributed by atoms with E-state index in [1.807, 2.05) is 43.9 Å². The van der Waals surface area contributed by atoms with Crippen LogP contribution >= 0.6 is 0 Å². The van der Waals surface area contributed by atoms with Crippen molar-refractivity contribution in [3.05, 3.63) is 58.3 Å². The van der Waals surface area contributed by atoms with Crippen molar-refractivity contribution in [3.63, 3.8) is 0 Å². The molecule has 2 heterocycles. The van der Waals surface area contributed by atoms with Crippen LogP contribution in [-0.2, 0) is 10.0 Å². The van der Waals surface area contributed by atoms with Crippen molar-refractivity contribution < 1.29 is 17.6 Å². The fraction of sp³-hybridized carbons (Fsp3) is 0.400. The van der Waals surface area contributed by atoms with Gasteiger partial charge >= 0.3 is 0 Å². The number of fused-ring (bicyclic) bond motifs is 1. The molecule has 1 aliphatic heterocycles. The molecule has 1 aliphatic rings. The SMILES string of the molecule is Cc1ccccc1NS(=O)(=O)c1c(C)c(C)cc2c(C)c(C(=O)N3CCCCCC3)oc12. The predicted octanol–water partition coefficient (Wildman–Crippen LogP) is 5.48. The Hall–Kier alpha value is -2.80. The number of aryl methyl sites for hydroxylation is 3. The van der Waals surface area contributed by atoms with E-state index in [0.717, 1.165) is 36.8 Å². The van der Waals surface area contributed by atoms with E-state index in [9.17, 15) is 13.2 Å². The van der Waals surface area contributed by atoms with Crippen LogP contribution in [0, 0.1) is 27.7 Å². The third-order valence-electron chi connectivity index (χ3n) is 6.44. The summed E-state index contributed by atoms with van der Waals surface area (Å²) in [6.07, 6.45) is 4.19. The first kappa shape index (κ1) is 22.4. The normalized spacial score (nSPS) is 15.1. The largest absolute Gasteiger partial charge is 0.449 e. The van der Waals surface area contributed by atoms with Gasteiger partial charge in [-0.3, -0.25) is 9.52 Å². The van der Waals surface area contributed by atoms with Crippen LogP contribution in [0.15, 0.2) is 39.6 Å². The number of carbonyl (C=O) groups is 1. The molecule has 4 rings (SSSR count). The summed E-state index contributed by atoms with van der Waals surface area (Å²) >= 11 is 0. The first-order chi connectivity index (χ1) is 15.2. The highest BCUT2D eigenvalue weighted by Gasteiger charge is 2.30. The Labute approximate surface area is 189 Å². The lowest BCUT2D eigenvalue weighted by molar-refractivity contribution is 0.0731. The maximum absolute atomic E-state index is 13.5. The van der Waals surface area contributed by atoms with E-state index in [1.54, 1.807) is 19.1 Å². The van der Waals surface area contributed by atoms with Crippen LogP contribution in [0.1, 0.15) is 58.5 Å². The summed E-state index contributed by atoms with van der Waals surface area (Å²) in [6.45, 7) is 8.74. The van der Waals surface area contributed by atoms with E-state index in [2.05, 4.69) is 4.72 Å². The highest BCUT2D eigenvalue weighted by Crippen LogP contribution is 2.36. The first-order valence-corrected chi connectivity index (χ1v) is 12.6. The van der Waals surface area contributed by atoms with E-state index in [1.165, 1.54) is 0 Å². The lowest BCUT2D eigenvalue weighted by Gasteiger charge is -2.19. The Bertz CT molecular complexity index is 1280. The minimum Gasteiger partial charge on any atom is -0.449 e. The van der Waals surface area contributed by atoms with Gasteiger partial charge in [0.05, 0.1) is 5.69 Å². The number of hydrogen-bond donors (Lipinski definition) is 1. The molecule has 3 aromatic rings. The van der Waals surface area contributed by atoms with Crippen LogP contribution in [0.5, 0.6) is 0 Å². The number of rotatable bonds is 4. The fourth-order valence-corrected chi connectivity index (χ4v) is 5.95. The number of nitrogens with zero attached hydrogens (tertiary/aromatic N) is 1. The molecule has 1 fully saturated rings. The standard InChI is InChI=1S/C25H30N2O4S/c1-16-11-7-8-12-21(16)26-32(29,30)24-18(3)17(2)15-20-19(4)22(31-23(20)24)25(28)27-13-9-5-6-10-14-27/h7-8,11-12,15,26H,5-6,9-10,13-14H2,1-4H3. The smallest absolute Gasteiger partial charge is 0.289 e. The summed E-state index contributed by atoms with van der Waals surface area (Å²) in [6, 6.07) is 9.15. The molecule has 1 aromatic heterocycles. The zero-order valence-corrected chi connectivity index (χ0v) is 19.9. The van der Waals surface area contributed by atoms with Crippen molar-refractivity contribution in [2.75, 3.05) is 17.8 Å². The van der Waals surface area contributed by atoms with Crippen molar-refractivity contribution in [2.24, 2.45) is 0 Å².